The van der Waals surface area contributed by atoms with Gasteiger partial charge in [0.05, 0.1) is 12.4 Å². The van der Waals surface area contributed by atoms with E-state index in [1.807, 2.05) is 0 Å². The van der Waals surface area contributed by atoms with Crippen molar-refractivity contribution in [2.45, 2.75) is 20.3 Å². The normalized spacial score (nSPS) is 10.7. The van der Waals surface area contributed by atoms with Gasteiger partial charge in [-0.25, -0.2) is 18.7 Å². The van der Waals surface area contributed by atoms with Crippen molar-refractivity contribution in [3.05, 3.63) is 47.9 Å². The highest BCUT2D eigenvalue weighted by Crippen LogP contribution is 2.21. The molecule has 0 atom stereocenters. The molecule has 0 aliphatic carbocycles. The van der Waals surface area contributed by atoms with Crippen LogP contribution in [0.4, 0.5) is 20.3 Å². The van der Waals surface area contributed by atoms with Gasteiger partial charge in [0.15, 0.2) is 0 Å². The van der Waals surface area contributed by atoms with Gasteiger partial charge >= 0.3 is 0 Å². The second kappa shape index (κ2) is 7.62. The van der Waals surface area contributed by atoms with Gasteiger partial charge in [0.1, 0.15) is 28.8 Å². The first kappa shape index (κ1) is 16.8. The molecule has 0 saturated carbocycles. The highest BCUT2D eigenvalue weighted by atomic mass is 19.1. The Bertz CT molecular complexity index is 654. The lowest BCUT2D eigenvalue weighted by Gasteiger charge is -2.09. The maximum absolute atomic E-state index is 13.5. The highest BCUT2D eigenvalue weighted by molar-refractivity contribution is 5.92. The molecule has 0 fully saturated rings. The fourth-order valence-electron chi connectivity index (χ4n) is 1.82. The Morgan fingerprint density at radius 2 is 1.87 bits per heavy atom. The van der Waals surface area contributed by atoms with E-state index in [0.717, 1.165) is 18.6 Å². The minimum atomic E-state index is -0.734. The van der Waals surface area contributed by atoms with Crippen LogP contribution in [0, 0.1) is 17.6 Å². The first-order valence-electron chi connectivity index (χ1n) is 7.28. The summed E-state index contributed by atoms with van der Waals surface area (Å²) in [6.07, 6.45) is 3.38. The monoisotopic (exact) mass is 320 g/mol. The summed E-state index contributed by atoms with van der Waals surface area (Å²) in [4.78, 5) is 19.8. The average molecular weight is 320 g/mol. The van der Waals surface area contributed by atoms with Crippen molar-refractivity contribution in [2.75, 3.05) is 11.9 Å². The van der Waals surface area contributed by atoms with E-state index in [1.165, 1.54) is 18.5 Å². The van der Waals surface area contributed by atoms with Crippen molar-refractivity contribution in [1.29, 1.82) is 0 Å². The molecule has 1 aromatic carbocycles. The van der Waals surface area contributed by atoms with Crippen LogP contribution in [0.2, 0.25) is 0 Å². The number of halogens is 2. The van der Waals surface area contributed by atoms with Crippen molar-refractivity contribution in [1.82, 2.24) is 15.3 Å². The molecule has 1 aromatic heterocycles. The summed E-state index contributed by atoms with van der Waals surface area (Å²) in [6, 6.07) is 3.54. The first-order valence-corrected chi connectivity index (χ1v) is 7.28. The molecule has 0 bridgehead atoms. The Hall–Kier alpha value is -2.57. The molecule has 0 aliphatic rings. The van der Waals surface area contributed by atoms with E-state index >= 15 is 0 Å². The summed E-state index contributed by atoms with van der Waals surface area (Å²) >= 11 is 0. The third-order valence-corrected chi connectivity index (χ3v) is 3.11. The molecule has 23 heavy (non-hydrogen) atoms. The van der Waals surface area contributed by atoms with Crippen LogP contribution in [0.3, 0.4) is 0 Å². The zero-order valence-corrected chi connectivity index (χ0v) is 12.9. The van der Waals surface area contributed by atoms with Crippen LogP contribution >= 0.6 is 0 Å². The summed E-state index contributed by atoms with van der Waals surface area (Å²) in [5, 5.41) is 5.25. The summed E-state index contributed by atoms with van der Waals surface area (Å²) in [7, 11) is 0. The van der Waals surface area contributed by atoms with Gasteiger partial charge in [-0.2, -0.15) is 0 Å². The van der Waals surface area contributed by atoms with Crippen molar-refractivity contribution < 1.29 is 13.6 Å². The standard InChI is InChI=1S/C16H18F2N4O/c1-10(2)6-7-19-16(23)13-8-21-14(9-20-13)22-15-11(17)4-3-5-12(15)18/h3-5,8-10H,6-7H2,1-2H3,(H,19,23)(H,21,22). The molecule has 122 valence electrons. The number of amides is 1. The number of anilines is 2. The Kier molecular flexibility index (Phi) is 5.56. The SMILES string of the molecule is CC(C)CCNC(=O)c1cnc(Nc2c(F)cccc2F)cn1. The molecule has 0 saturated heterocycles. The number of nitrogens with one attached hydrogen (secondary N) is 2. The molecule has 2 N–H and O–H groups in total. The number of hydrogen-bond acceptors (Lipinski definition) is 4. The van der Waals surface area contributed by atoms with Crippen LogP contribution in [-0.4, -0.2) is 22.4 Å². The van der Waals surface area contributed by atoms with Gasteiger partial charge in [-0.3, -0.25) is 4.79 Å². The highest BCUT2D eigenvalue weighted by Gasteiger charge is 2.11. The number of hydrogen-bond donors (Lipinski definition) is 2. The van der Waals surface area contributed by atoms with Gasteiger partial charge in [0.2, 0.25) is 0 Å². The van der Waals surface area contributed by atoms with Gasteiger partial charge in [-0.15, -0.1) is 0 Å². The number of carbonyl (C=O) groups excluding carboxylic acids is 1. The van der Waals surface area contributed by atoms with E-state index in [4.69, 9.17) is 0 Å². The van der Waals surface area contributed by atoms with E-state index in [9.17, 15) is 13.6 Å². The lowest BCUT2D eigenvalue weighted by molar-refractivity contribution is 0.0946. The number of rotatable bonds is 6. The van der Waals surface area contributed by atoms with E-state index in [-0.39, 0.29) is 23.1 Å². The third kappa shape index (κ3) is 4.70. The molecule has 0 aliphatic heterocycles. The number of benzene rings is 1. The molecular weight excluding hydrogens is 302 g/mol. The predicted octanol–water partition coefficient (Wildman–Crippen LogP) is 3.27. The number of para-hydroxylation sites is 1. The third-order valence-electron chi connectivity index (χ3n) is 3.11. The van der Waals surface area contributed by atoms with Crippen LogP contribution in [0.1, 0.15) is 30.8 Å². The van der Waals surface area contributed by atoms with Crippen molar-refractivity contribution in [2.24, 2.45) is 5.92 Å². The Morgan fingerprint density at radius 3 is 2.43 bits per heavy atom. The maximum atomic E-state index is 13.5. The fraction of sp³-hybridized carbons (Fsp3) is 0.312. The molecule has 5 nitrogen and oxygen atoms in total. The lowest BCUT2D eigenvalue weighted by Crippen LogP contribution is -2.26. The van der Waals surface area contributed by atoms with Gasteiger partial charge < -0.3 is 10.6 Å². The van der Waals surface area contributed by atoms with Gasteiger partial charge in [-0.1, -0.05) is 19.9 Å². The minimum absolute atomic E-state index is 0.146. The molecule has 0 radical (unpaired) electrons. The van der Waals surface area contributed by atoms with Crippen LogP contribution in [0.5, 0.6) is 0 Å². The molecule has 2 rings (SSSR count). The Labute approximate surface area is 133 Å². The zero-order chi connectivity index (χ0) is 16.8. The van der Waals surface area contributed by atoms with Gasteiger partial charge in [-0.05, 0) is 24.5 Å². The second-order valence-corrected chi connectivity index (χ2v) is 5.45. The smallest absolute Gasteiger partial charge is 0.271 e. The Morgan fingerprint density at radius 1 is 1.17 bits per heavy atom. The van der Waals surface area contributed by atoms with Crippen molar-refractivity contribution in [3.63, 3.8) is 0 Å². The number of aromatic nitrogens is 2. The largest absolute Gasteiger partial charge is 0.351 e. The van der Waals surface area contributed by atoms with E-state index < -0.39 is 11.6 Å². The lowest BCUT2D eigenvalue weighted by atomic mass is 10.1. The van der Waals surface area contributed by atoms with Crippen molar-refractivity contribution >= 4 is 17.4 Å². The molecule has 0 spiro atoms. The van der Waals surface area contributed by atoms with Gasteiger partial charge in [0, 0.05) is 6.54 Å². The van der Waals surface area contributed by atoms with E-state index in [1.54, 1.807) is 0 Å². The summed E-state index contributed by atoms with van der Waals surface area (Å²) in [5.41, 5.74) is -0.163. The zero-order valence-electron chi connectivity index (χ0n) is 12.9. The van der Waals surface area contributed by atoms with Crippen LogP contribution < -0.4 is 10.6 Å². The van der Waals surface area contributed by atoms with Gasteiger partial charge in [0.25, 0.3) is 5.91 Å². The predicted molar refractivity (Wildman–Crippen MR) is 83.5 cm³/mol. The summed E-state index contributed by atoms with van der Waals surface area (Å²) in [5.74, 6) is -1.16. The fourth-order valence-corrected chi connectivity index (χ4v) is 1.82. The average Bonchev–Trinajstić information content (AvgIpc) is 2.51. The summed E-state index contributed by atoms with van der Waals surface area (Å²) < 4.78 is 27.1. The molecular formula is C16H18F2N4O. The van der Waals surface area contributed by atoms with Crippen LogP contribution in [0.25, 0.3) is 0 Å². The van der Waals surface area contributed by atoms with Crippen molar-refractivity contribution in [3.8, 4) is 0 Å². The molecule has 0 unspecified atom stereocenters. The topological polar surface area (TPSA) is 66.9 Å². The second-order valence-electron chi connectivity index (χ2n) is 5.45. The number of nitrogens with zero attached hydrogens (tertiary/aromatic N) is 2. The van der Waals surface area contributed by atoms with Crippen LogP contribution in [0.15, 0.2) is 30.6 Å². The summed E-state index contributed by atoms with van der Waals surface area (Å²) in [6.45, 7) is 4.68. The van der Waals surface area contributed by atoms with E-state index in [2.05, 4.69) is 34.4 Å². The first-order chi connectivity index (χ1) is 11.0. The van der Waals surface area contributed by atoms with Crippen LogP contribution in [-0.2, 0) is 0 Å². The number of carbonyl (C=O) groups is 1. The molecule has 2 aromatic rings. The van der Waals surface area contributed by atoms with E-state index in [0.29, 0.717) is 12.5 Å². The molecule has 1 heterocycles. The molecule has 1 amide bonds. The maximum Gasteiger partial charge on any atom is 0.271 e. The molecule has 7 heteroatoms. The minimum Gasteiger partial charge on any atom is -0.351 e. The quantitative estimate of drug-likeness (QED) is 0.857. The Balaban J connectivity index is 2.01.